The van der Waals surface area contributed by atoms with Crippen molar-refractivity contribution in [2.45, 2.75) is 26.4 Å². The van der Waals surface area contributed by atoms with Crippen molar-refractivity contribution < 1.29 is 14.3 Å². The molecule has 2 rings (SSSR count). The fourth-order valence-corrected chi connectivity index (χ4v) is 1.76. The van der Waals surface area contributed by atoms with Gasteiger partial charge in [-0.25, -0.2) is 0 Å². The maximum absolute atomic E-state index is 11.3. The number of carbonyl (C=O) groups is 1. The first-order chi connectivity index (χ1) is 9.78. The Kier molecular flexibility index (Phi) is 5.18. The van der Waals surface area contributed by atoms with Crippen LogP contribution in [0.2, 0.25) is 0 Å². The second-order valence-corrected chi connectivity index (χ2v) is 4.47. The van der Waals surface area contributed by atoms with E-state index in [0.29, 0.717) is 6.42 Å². The smallest absolute Gasteiger partial charge is 0.306 e. The van der Waals surface area contributed by atoms with Crippen LogP contribution in [0.5, 0.6) is 11.5 Å². The molecule has 0 bridgehead atoms. The Hall–Kier alpha value is -2.29. The van der Waals surface area contributed by atoms with Crippen LogP contribution in [0.25, 0.3) is 0 Å². The lowest BCUT2D eigenvalue weighted by molar-refractivity contribution is -0.144. The molecule has 104 valence electrons. The van der Waals surface area contributed by atoms with E-state index in [-0.39, 0.29) is 12.6 Å². The summed E-state index contributed by atoms with van der Waals surface area (Å²) in [6.07, 6.45) is 1.26. The highest BCUT2D eigenvalue weighted by atomic mass is 16.5. The first-order valence-corrected chi connectivity index (χ1v) is 6.75. The van der Waals surface area contributed by atoms with E-state index in [4.69, 9.17) is 9.47 Å². The molecule has 0 aromatic heterocycles. The average Bonchev–Trinajstić information content (AvgIpc) is 2.47. The molecule has 3 heteroatoms. The van der Waals surface area contributed by atoms with Crippen LogP contribution >= 0.6 is 0 Å². The topological polar surface area (TPSA) is 35.5 Å². The molecule has 0 spiro atoms. The Labute approximate surface area is 119 Å². The zero-order valence-corrected chi connectivity index (χ0v) is 11.5. The first kappa shape index (κ1) is 14.1. The maximum atomic E-state index is 11.3. The summed E-state index contributed by atoms with van der Waals surface area (Å²) in [4.78, 5) is 11.3. The number of hydrogen-bond donors (Lipinski definition) is 0. The molecule has 0 amide bonds. The summed E-state index contributed by atoms with van der Waals surface area (Å²) in [7, 11) is 0. The van der Waals surface area contributed by atoms with Crippen LogP contribution in [0.1, 0.15) is 25.3 Å². The van der Waals surface area contributed by atoms with Gasteiger partial charge >= 0.3 is 5.97 Å². The van der Waals surface area contributed by atoms with Gasteiger partial charge in [0, 0.05) is 6.42 Å². The molecule has 2 aromatic rings. The van der Waals surface area contributed by atoms with Crippen molar-refractivity contribution in [3.05, 3.63) is 60.2 Å². The Morgan fingerprint density at radius 2 is 1.75 bits per heavy atom. The summed E-state index contributed by atoms with van der Waals surface area (Å²) < 4.78 is 10.9. The van der Waals surface area contributed by atoms with Gasteiger partial charge in [-0.05, 0) is 36.2 Å². The second-order valence-electron chi connectivity index (χ2n) is 4.47. The van der Waals surface area contributed by atoms with E-state index in [2.05, 4.69) is 0 Å². The SMILES string of the molecule is CCCC(=O)OCc1cccc(Oc2ccccc2)c1. The van der Waals surface area contributed by atoms with Gasteiger partial charge < -0.3 is 9.47 Å². The molecule has 0 fully saturated rings. The number of esters is 1. The van der Waals surface area contributed by atoms with Crippen molar-refractivity contribution in [3.63, 3.8) is 0 Å². The van der Waals surface area contributed by atoms with Crippen molar-refractivity contribution in [2.75, 3.05) is 0 Å². The van der Waals surface area contributed by atoms with Gasteiger partial charge in [-0.2, -0.15) is 0 Å². The predicted octanol–water partition coefficient (Wildman–Crippen LogP) is 4.32. The van der Waals surface area contributed by atoms with Crippen LogP contribution in [-0.4, -0.2) is 5.97 Å². The van der Waals surface area contributed by atoms with Gasteiger partial charge in [-0.1, -0.05) is 37.3 Å². The monoisotopic (exact) mass is 270 g/mol. The second kappa shape index (κ2) is 7.34. The fraction of sp³-hybridized carbons (Fsp3) is 0.235. The molecule has 0 unspecified atom stereocenters. The van der Waals surface area contributed by atoms with Crippen molar-refractivity contribution in [3.8, 4) is 11.5 Å². The van der Waals surface area contributed by atoms with Gasteiger partial charge in [0.15, 0.2) is 0 Å². The van der Waals surface area contributed by atoms with Gasteiger partial charge in [0.05, 0.1) is 0 Å². The molecule has 0 radical (unpaired) electrons. The Morgan fingerprint density at radius 3 is 2.50 bits per heavy atom. The largest absolute Gasteiger partial charge is 0.461 e. The molecule has 0 aliphatic rings. The van der Waals surface area contributed by atoms with Crippen LogP contribution in [0.15, 0.2) is 54.6 Å². The highest BCUT2D eigenvalue weighted by Gasteiger charge is 2.03. The molecule has 2 aromatic carbocycles. The minimum atomic E-state index is -0.165. The van der Waals surface area contributed by atoms with Crippen LogP contribution in [-0.2, 0) is 16.1 Å². The van der Waals surface area contributed by atoms with Crippen LogP contribution in [0.3, 0.4) is 0 Å². The van der Waals surface area contributed by atoms with Crippen molar-refractivity contribution in [2.24, 2.45) is 0 Å². The molecular formula is C17H18O3. The molecule has 20 heavy (non-hydrogen) atoms. The van der Waals surface area contributed by atoms with Crippen molar-refractivity contribution in [1.29, 1.82) is 0 Å². The minimum absolute atomic E-state index is 0.165. The van der Waals surface area contributed by atoms with E-state index in [1.165, 1.54) is 0 Å². The lowest BCUT2D eigenvalue weighted by Crippen LogP contribution is -2.03. The normalized spacial score (nSPS) is 10.1. The summed E-state index contributed by atoms with van der Waals surface area (Å²) in [6, 6.07) is 17.1. The number of carbonyl (C=O) groups excluding carboxylic acids is 1. The molecule has 0 atom stereocenters. The molecule has 0 aliphatic heterocycles. The number of rotatable bonds is 6. The van der Waals surface area contributed by atoms with Gasteiger partial charge in [0.25, 0.3) is 0 Å². The summed E-state index contributed by atoms with van der Waals surface area (Å²) in [5, 5.41) is 0. The fourth-order valence-electron chi connectivity index (χ4n) is 1.76. The van der Waals surface area contributed by atoms with Crippen LogP contribution in [0, 0.1) is 0 Å². The Bertz CT molecular complexity index is 549. The third-order valence-corrected chi connectivity index (χ3v) is 2.73. The van der Waals surface area contributed by atoms with E-state index in [1.54, 1.807) is 0 Å². The minimum Gasteiger partial charge on any atom is -0.461 e. The molecule has 3 nitrogen and oxygen atoms in total. The number of benzene rings is 2. The van der Waals surface area contributed by atoms with Crippen molar-refractivity contribution >= 4 is 5.97 Å². The average molecular weight is 270 g/mol. The summed E-state index contributed by atoms with van der Waals surface area (Å²) in [5.41, 5.74) is 0.919. The van der Waals surface area contributed by atoms with Crippen molar-refractivity contribution in [1.82, 2.24) is 0 Å². The first-order valence-electron chi connectivity index (χ1n) is 6.75. The van der Waals surface area contributed by atoms with E-state index in [0.717, 1.165) is 23.5 Å². The van der Waals surface area contributed by atoms with Crippen LogP contribution < -0.4 is 4.74 Å². The Balaban J connectivity index is 1.96. The standard InChI is InChI=1S/C17H18O3/c1-2-7-17(18)19-13-14-8-6-11-16(12-14)20-15-9-4-3-5-10-15/h3-6,8-12H,2,7,13H2,1H3. The molecule has 0 aliphatic carbocycles. The number of para-hydroxylation sites is 1. The van der Waals surface area contributed by atoms with E-state index in [1.807, 2.05) is 61.5 Å². The van der Waals surface area contributed by atoms with Gasteiger partial charge in [-0.15, -0.1) is 0 Å². The number of ether oxygens (including phenoxy) is 2. The van der Waals surface area contributed by atoms with Gasteiger partial charge in [0.1, 0.15) is 18.1 Å². The quantitative estimate of drug-likeness (QED) is 0.733. The highest BCUT2D eigenvalue weighted by Crippen LogP contribution is 2.22. The van der Waals surface area contributed by atoms with Crippen LogP contribution in [0.4, 0.5) is 0 Å². The molecule has 0 saturated heterocycles. The maximum Gasteiger partial charge on any atom is 0.306 e. The number of hydrogen-bond acceptors (Lipinski definition) is 3. The lowest BCUT2D eigenvalue weighted by Gasteiger charge is -2.08. The zero-order valence-electron chi connectivity index (χ0n) is 11.5. The lowest BCUT2D eigenvalue weighted by atomic mass is 10.2. The summed E-state index contributed by atoms with van der Waals surface area (Å²) in [5.74, 6) is 1.36. The zero-order chi connectivity index (χ0) is 14.2. The molecular weight excluding hydrogens is 252 g/mol. The molecule has 0 heterocycles. The Morgan fingerprint density at radius 1 is 1.00 bits per heavy atom. The predicted molar refractivity (Wildman–Crippen MR) is 77.7 cm³/mol. The molecule has 0 saturated carbocycles. The molecule has 0 N–H and O–H groups in total. The van der Waals surface area contributed by atoms with E-state index in [9.17, 15) is 4.79 Å². The summed E-state index contributed by atoms with van der Waals surface area (Å²) >= 11 is 0. The van der Waals surface area contributed by atoms with Gasteiger partial charge in [-0.3, -0.25) is 4.79 Å². The third-order valence-electron chi connectivity index (χ3n) is 2.73. The highest BCUT2D eigenvalue weighted by molar-refractivity contribution is 5.69. The van der Waals surface area contributed by atoms with Gasteiger partial charge in [0.2, 0.25) is 0 Å². The van der Waals surface area contributed by atoms with E-state index < -0.39 is 0 Å². The summed E-state index contributed by atoms with van der Waals surface area (Å²) in [6.45, 7) is 2.24. The van der Waals surface area contributed by atoms with E-state index >= 15 is 0 Å². The third kappa shape index (κ3) is 4.43.